The lowest BCUT2D eigenvalue weighted by molar-refractivity contribution is -0.869. The number of alkyl carbamates (subject to hydrolysis) is 1. The molecule has 4 amide bonds. The normalized spacial score (nSPS) is 40.7. The molecule has 0 aromatic carbocycles. The number of piperidine rings is 1. The quantitative estimate of drug-likeness (QED) is 0.511. The summed E-state index contributed by atoms with van der Waals surface area (Å²) in [5, 5.41) is 16.4. The van der Waals surface area contributed by atoms with E-state index in [2.05, 4.69) is 30.6 Å². The molecule has 0 radical (unpaired) electrons. The van der Waals surface area contributed by atoms with Gasteiger partial charge >= 0.3 is 12.0 Å². The zero-order chi connectivity index (χ0) is 26.9. The topological polar surface area (TPSA) is 129 Å². The van der Waals surface area contributed by atoms with Gasteiger partial charge in [-0.25, -0.2) is 14.1 Å². The van der Waals surface area contributed by atoms with Crippen LogP contribution in [0.25, 0.3) is 0 Å². The molecule has 10 nitrogen and oxygen atoms in total. The van der Waals surface area contributed by atoms with Crippen molar-refractivity contribution in [3.05, 3.63) is 0 Å². The number of nitrogens with one attached hydrogen (secondary N) is 2. The van der Waals surface area contributed by atoms with Crippen molar-refractivity contribution in [3.63, 3.8) is 0 Å². The van der Waals surface area contributed by atoms with Gasteiger partial charge in [-0.15, -0.1) is 0 Å². The molecule has 8 atom stereocenters. The number of nitrogens with zero attached hydrogens (tertiary/aromatic N) is 3. The Hall–Kier alpha value is -2.67. The molecule has 37 heavy (non-hydrogen) atoms. The maximum atomic E-state index is 14.5. The Bertz CT molecular complexity index is 1060. The number of amides is 4. The average molecular weight is 515 g/mol. The summed E-state index contributed by atoms with van der Waals surface area (Å²) in [5.41, 5.74) is -0.708. The number of hydrogen-bond donors (Lipinski definition) is 2. The highest BCUT2D eigenvalue weighted by Gasteiger charge is 2.74. The van der Waals surface area contributed by atoms with Gasteiger partial charge in [-0.2, -0.15) is 5.26 Å². The molecule has 0 aromatic rings. The Morgan fingerprint density at radius 3 is 2.65 bits per heavy atom. The minimum absolute atomic E-state index is 0.0255. The lowest BCUT2D eigenvalue weighted by atomic mass is 9.82. The molecule has 0 aromatic heterocycles. The molecule has 10 heteroatoms. The summed E-state index contributed by atoms with van der Waals surface area (Å²) < 4.78 is 5.19. The van der Waals surface area contributed by atoms with Crippen LogP contribution in [-0.2, 0) is 19.1 Å². The van der Waals surface area contributed by atoms with Gasteiger partial charge in [-0.3, -0.25) is 9.59 Å². The van der Waals surface area contributed by atoms with Gasteiger partial charge in [-0.05, 0) is 50.9 Å². The summed E-state index contributed by atoms with van der Waals surface area (Å²) in [6, 6.07) is 0.508. The number of fused-ring (bicyclic) bond motifs is 4. The van der Waals surface area contributed by atoms with Crippen LogP contribution < -0.4 is 10.6 Å². The molecule has 4 aliphatic heterocycles. The van der Waals surface area contributed by atoms with E-state index in [1.54, 1.807) is 25.7 Å². The van der Waals surface area contributed by atoms with Crippen molar-refractivity contribution >= 4 is 23.8 Å². The maximum Gasteiger partial charge on any atom is 0.408 e. The van der Waals surface area contributed by atoms with Crippen LogP contribution in [0.3, 0.4) is 0 Å². The first-order chi connectivity index (χ1) is 17.3. The van der Waals surface area contributed by atoms with Crippen LogP contribution in [0.4, 0.5) is 4.79 Å². The molecule has 1 saturated carbocycles. The lowest BCUT2D eigenvalue weighted by Crippen LogP contribution is -2.74. The van der Waals surface area contributed by atoms with E-state index in [1.165, 1.54) is 0 Å². The molecular weight excluding hydrogens is 474 g/mol. The summed E-state index contributed by atoms with van der Waals surface area (Å²) in [6.45, 7) is 10.8. The first-order valence-corrected chi connectivity index (χ1v) is 13.7. The molecule has 1 unspecified atom stereocenters. The van der Waals surface area contributed by atoms with Crippen LogP contribution in [-0.4, -0.2) is 83.1 Å². The van der Waals surface area contributed by atoms with E-state index in [9.17, 15) is 24.4 Å². The third-order valence-electron chi connectivity index (χ3n) is 9.70. The molecule has 5 rings (SSSR count). The van der Waals surface area contributed by atoms with Crippen molar-refractivity contribution in [2.24, 2.45) is 29.1 Å². The fourth-order valence-electron chi connectivity index (χ4n) is 7.67. The Labute approximate surface area is 218 Å². The van der Waals surface area contributed by atoms with E-state index in [1.807, 2.05) is 0 Å². The largest absolute Gasteiger partial charge is 0.444 e. The first kappa shape index (κ1) is 26.0. The highest BCUT2D eigenvalue weighted by atomic mass is 16.6. The van der Waals surface area contributed by atoms with E-state index in [4.69, 9.17) is 4.74 Å². The highest BCUT2D eigenvalue weighted by molar-refractivity contribution is 5.92. The number of hydrogen-bond acceptors (Lipinski definition) is 6. The third kappa shape index (κ3) is 4.29. The minimum atomic E-state index is -0.850. The number of carbonyl (C=O) groups excluding carboxylic acids is 4. The zero-order valence-corrected chi connectivity index (χ0v) is 22.6. The number of rotatable bonds is 1. The van der Waals surface area contributed by atoms with Gasteiger partial charge < -0.3 is 20.3 Å². The number of piperazine rings is 1. The Balaban J connectivity index is 1.52. The van der Waals surface area contributed by atoms with E-state index < -0.39 is 29.8 Å². The molecule has 5 fully saturated rings. The second-order valence-electron chi connectivity index (χ2n) is 13.4. The molecule has 1 aliphatic carbocycles. The summed E-state index contributed by atoms with van der Waals surface area (Å²) in [7, 11) is 0. The molecule has 4 heterocycles. The second-order valence-corrected chi connectivity index (χ2v) is 13.4. The molecule has 2 N–H and O–H groups in total. The van der Waals surface area contributed by atoms with E-state index in [-0.39, 0.29) is 70.8 Å². The molecule has 1 spiro atoms. The molecular formula is C27H40N5O5+. The summed E-state index contributed by atoms with van der Waals surface area (Å²) in [6.07, 6.45) is 1.77. The van der Waals surface area contributed by atoms with Gasteiger partial charge in [0, 0.05) is 31.3 Å². The predicted octanol–water partition coefficient (Wildman–Crippen LogP) is 1.55. The van der Waals surface area contributed by atoms with Gasteiger partial charge in [0.05, 0.1) is 6.04 Å². The van der Waals surface area contributed by atoms with E-state index >= 15 is 0 Å². The van der Waals surface area contributed by atoms with Gasteiger partial charge in [0.25, 0.3) is 5.91 Å². The van der Waals surface area contributed by atoms with E-state index in [0.29, 0.717) is 19.5 Å². The van der Waals surface area contributed by atoms with Crippen LogP contribution in [0.5, 0.6) is 0 Å². The molecule has 4 saturated heterocycles. The summed E-state index contributed by atoms with van der Waals surface area (Å²) in [5.74, 6) is -0.240. The average Bonchev–Trinajstić information content (AvgIpc) is 3.11. The van der Waals surface area contributed by atoms with Crippen LogP contribution in [0.2, 0.25) is 0 Å². The summed E-state index contributed by atoms with van der Waals surface area (Å²) >= 11 is 0. The highest BCUT2D eigenvalue weighted by Crippen LogP contribution is 2.66. The van der Waals surface area contributed by atoms with Crippen LogP contribution in [0.1, 0.15) is 60.3 Å². The minimum Gasteiger partial charge on any atom is -0.444 e. The number of nitriles is 1. The number of carbonyl (C=O) groups is 4. The van der Waals surface area contributed by atoms with Gasteiger partial charge in [0.2, 0.25) is 5.91 Å². The van der Waals surface area contributed by atoms with Crippen molar-refractivity contribution in [3.8, 4) is 6.07 Å². The Morgan fingerprint density at radius 1 is 1.24 bits per heavy atom. The summed E-state index contributed by atoms with van der Waals surface area (Å²) in [4.78, 5) is 55.3. The second kappa shape index (κ2) is 8.69. The van der Waals surface area contributed by atoms with Crippen LogP contribution in [0, 0.1) is 40.4 Å². The Kier molecular flexibility index (Phi) is 6.09. The van der Waals surface area contributed by atoms with Crippen molar-refractivity contribution in [1.82, 2.24) is 15.5 Å². The van der Waals surface area contributed by atoms with Crippen molar-refractivity contribution in [2.45, 2.75) is 84.0 Å². The van der Waals surface area contributed by atoms with Crippen molar-refractivity contribution in [2.75, 3.05) is 26.2 Å². The zero-order valence-electron chi connectivity index (χ0n) is 22.6. The smallest absolute Gasteiger partial charge is 0.408 e. The van der Waals surface area contributed by atoms with E-state index in [0.717, 1.165) is 12.8 Å². The van der Waals surface area contributed by atoms with Crippen molar-refractivity contribution < 1.29 is 28.4 Å². The first-order valence-electron chi connectivity index (χ1n) is 13.7. The maximum absolute atomic E-state index is 14.5. The fourth-order valence-corrected chi connectivity index (χ4v) is 7.67. The molecule has 0 bridgehead atoms. The number of quaternary nitrogens is 1. The standard InChI is InChI=1S/C27H39N5O5/c1-26(2,3)37-25(36)30-16-8-6-7-15-11-29-23(34)18(15)9-17(10-28)32(13-16)14-20(33)31-12-19-21(27(19,4)5)22(31)24(32)35/h15-19,21-22H,6-9,11-14H2,1-5H3,(H-,29,30,34,36)/p+1/t15-,16-,17-,18-,19-,21-,22-,32?/m0/s1. The number of ether oxygens (including phenoxy) is 1. The van der Waals surface area contributed by atoms with Gasteiger partial charge in [-0.1, -0.05) is 20.3 Å². The fraction of sp³-hybridized carbons (Fsp3) is 0.815. The third-order valence-corrected chi connectivity index (χ3v) is 9.70. The predicted molar refractivity (Wildman–Crippen MR) is 132 cm³/mol. The van der Waals surface area contributed by atoms with Crippen molar-refractivity contribution in [1.29, 1.82) is 5.26 Å². The lowest BCUT2D eigenvalue weighted by Gasteiger charge is -2.49. The molecule has 5 aliphatic rings. The van der Waals surface area contributed by atoms with Crippen LogP contribution >= 0.6 is 0 Å². The van der Waals surface area contributed by atoms with Gasteiger partial charge in [0.1, 0.15) is 18.2 Å². The SMILES string of the molecule is CC(C)(C)OC(=O)N[C@H]1CCC[C@H]2CNC(=O)[C@H]2C[C@@H](C#N)[N+]2(CC(=O)N3C[C@H]4[C@@H]([C@H]3C2=O)C4(C)C)C1. The molecule has 202 valence electrons. The monoisotopic (exact) mass is 514 g/mol. The van der Waals surface area contributed by atoms with Gasteiger partial charge in [0.15, 0.2) is 18.6 Å². The van der Waals surface area contributed by atoms with Crippen LogP contribution in [0.15, 0.2) is 0 Å². The Morgan fingerprint density at radius 2 is 1.97 bits per heavy atom.